The first kappa shape index (κ1) is 12.4. The molecular formula is C11H13ClO2S. The molecule has 0 saturated heterocycles. The van der Waals surface area contributed by atoms with E-state index in [1.165, 1.54) is 0 Å². The number of Topliss-reactive ketones (excluding diaryl/α,β-unsaturated/α-hetero) is 1. The smallest absolute Gasteiger partial charge is 0.145 e. The average Bonchev–Trinajstić information content (AvgIpc) is 2.18. The first-order valence-corrected chi connectivity index (χ1v) is 6.49. The molecule has 0 bridgehead atoms. The third kappa shape index (κ3) is 4.14. The summed E-state index contributed by atoms with van der Waals surface area (Å²) in [5.41, 5.74) is 0. The summed E-state index contributed by atoms with van der Waals surface area (Å²) < 4.78 is 11.7. The van der Waals surface area contributed by atoms with E-state index in [2.05, 4.69) is 0 Å². The molecule has 0 fully saturated rings. The second kappa shape index (κ2) is 6.03. The van der Waals surface area contributed by atoms with E-state index in [0.29, 0.717) is 16.3 Å². The molecule has 2 nitrogen and oxygen atoms in total. The van der Waals surface area contributed by atoms with Gasteiger partial charge in [-0.3, -0.25) is 9.00 Å². The summed E-state index contributed by atoms with van der Waals surface area (Å²) in [5.74, 6) is 0.129. The zero-order chi connectivity index (χ0) is 11.3. The maximum Gasteiger partial charge on any atom is 0.145 e. The number of ketones is 1. The zero-order valence-corrected chi connectivity index (χ0v) is 10.1. The van der Waals surface area contributed by atoms with Crippen molar-refractivity contribution in [3.63, 3.8) is 0 Å². The molecule has 4 heteroatoms. The molecule has 1 aromatic carbocycles. The lowest BCUT2D eigenvalue weighted by molar-refractivity contribution is -0.116. The molecule has 0 spiro atoms. The summed E-state index contributed by atoms with van der Waals surface area (Å²) in [6, 6.07) is 6.81. The van der Waals surface area contributed by atoms with Gasteiger partial charge >= 0.3 is 0 Å². The fourth-order valence-corrected chi connectivity index (χ4v) is 2.54. The Labute approximate surface area is 97.1 Å². The van der Waals surface area contributed by atoms with E-state index in [9.17, 15) is 9.00 Å². The minimum atomic E-state index is -1.26. The molecule has 0 saturated carbocycles. The monoisotopic (exact) mass is 244 g/mol. The highest BCUT2D eigenvalue weighted by molar-refractivity contribution is 7.85. The highest BCUT2D eigenvalue weighted by atomic mass is 35.5. The van der Waals surface area contributed by atoms with Crippen LogP contribution in [0.15, 0.2) is 29.2 Å². The number of hydrogen-bond donors (Lipinski definition) is 0. The SMILES string of the molecule is CCCC(=O)CS(=O)c1cccc(Cl)c1. The van der Waals surface area contributed by atoms with E-state index in [1.807, 2.05) is 6.92 Å². The van der Waals surface area contributed by atoms with Crippen molar-refractivity contribution in [2.24, 2.45) is 0 Å². The third-order valence-electron chi connectivity index (χ3n) is 1.88. The van der Waals surface area contributed by atoms with Gasteiger partial charge in [-0.1, -0.05) is 24.6 Å². The van der Waals surface area contributed by atoms with Crippen LogP contribution in [0.1, 0.15) is 19.8 Å². The normalized spacial score (nSPS) is 12.4. The van der Waals surface area contributed by atoms with E-state index >= 15 is 0 Å². The van der Waals surface area contributed by atoms with Crippen LogP contribution in [-0.4, -0.2) is 15.7 Å². The van der Waals surface area contributed by atoms with Gasteiger partial charge in [0.15, 0.2) is 0 Å². The first-order valence-electron chi connectivity index (χ1n) is 4.79. The fourth-order valence-electron chi connectivity index (χ4n) is 1.19. The summed E-state index contributed by atoms with van der Waals surface area (Å²) in [4.78, 5) is 11.9. The fraction of sp³-hybridized carbons (Fsp3) is 0.364. The van der Waals surface area contributed by atoms with Crippen LogP contribution in [0.25, 0.3) is 0 Å². The molecule has 0 aliphatic rings. The second-order valence-corrected chi connectivity index (χ2v) is 5.12. The predicted octanol–water partition coefficient (Wildman–Crippen LogP) is 2.82. The van der Waals surface area contributed by atoms with E-state index in [0.717, 1.165) is 6.42 Å². The molecule has 15 heavy (non-hydrogen) atoms. The average molecular weight is 245 g/mol. The Morgan fingerprint density at radius 1 is 1.47 bits per heavy atom. The maximum atomic E-state index is 11.7. The van der Waals surface area contributed by atoms with Gasteiger partial charge in [0.2, 0.25) is 0 Å². The highest BCUT2D eigenvalue weighted by Crippen LogP contribution is 2.14. The third-order valence-corrected chi connectivity index (χ3v) is 3.48. The Kier molecular flexibility index (Phi) is 4.99. The van der Waals surface area contributed by atoms with Gasteiger partial charge < -0.3 is 0 Å². The molecule has 0 radical (unpaired) electrons. The number of halogens is 1. The summed E-state index contributed by atoms with van der Waals surface area (Å²) >= 11 is 5.77. The van der Waals surface area contributed by atoms with Crippen LogP contribution in [0.5, 0.6) is 0 Å². The number of rotatable bonds is 5. The molecule has 1 rings (SSSR count). The van der Waals surface area contributed by atoms with Crippen molar-refractivity contribution < 1.29 is 9.00 Å². The standard InChI is InChI=1S/C11H13ClO2S/c1-2-4-10(13)8-15(14)11-6-3-5-9(12)7-11/h3,5-7H,2,4,8H2,1H3. The van der Waals surface area contributed by atoms with Crippen molar-refractivity contribution in [1.82, 2.24) is 0 Å². The number of hydrogen-bond acceptors (Lipinski definition) is 2. The molecule has 0 aliphatic heterocycles. The lowest BCUT2D eigenvalue weighted by atomic mass is 10.3. The van der Waals surface area contributed by atoms with Crippen LogP contribution < -0.4 is 0 Å². The molecule has 0 amide bonds. The minimum absolute atomic E-state index is 0.0378. The van der Waals surface area contributed by atoms with Crippen LogP contribution in [-0.2, 0) is 15.6 Å². The largest absolute Gasteiger partial charge is 0.299 e. The van der Waals surface area contributed by atoms with Gasteiger partial charge in [0.25, 0.3) is 0 Å². The van der Waals surface area contributed by atoms with Gasteiger partial charge in [-0.25, -0.2) is 0 Å². The lowest BCUT2D eigenvalue weighted by Gasteiger charge is -2.01. The van der Waals surface area contributed by atoms with E-state index < -0.39 is 10.8 Å². The topological polar surface area (TPSA) is 34.1 Å². The number of carbonyl (C=O) groups excluding carboxylic acids is 1. The second-order valence-electron chi connectivity index (χ2n) is 3.24. The van der Waals surface area contributed by atoms with Crippen molar-refractivity contribution in [2.45, 2.75) is 24.7 Å². The molecule has 1 aromatic rings. The van der Waals surface area contributed by atoms with Gasteiger partial charge in [0.05, 0.1) is 16.6 Å². The lowest BCUT2D eigenvalue weighted by Crippen LogP contribution is -2.10. The van der Waals surface area contributed by atoms with E-state index in [4.69, 9.17) is 11.6 Å². The molecular weight excluding hydrogens is 232 g/mol. The summed E-state index contributed by atoms with van der Waals surface area (Å²) in [6.45, 7) is 1.93. The van der Waals surface area contributed by atoms with Crippen LogP contribution in [0, 0.1) is 0 Å². The number of benzene rings is 1. The van der Waals surface area contributed by atoms with Gasteiger partial charge in [0.1, 0.15) is 5.78 Å². The molecule has 0 aliphatic carbocycles. The highest BCUT2D eigenvalue weighted by Gasteiger charge is 2.09. The van der Waals surface area contributed by atoms with Gasteiger partial charge in [-0.05, 0) is 24.6 Å². The van der Waals surface area contributed by atoms with Crippen molar-refractivity contribution >= 4 is 28.2 Å². The predicted molar refractivity (Wildman–Crippen MR) is 62.6 cm³/mol. The summed E-state index contributed by atoms with van der Waals surface area (Å²) in [5, 5.41) is 0.545. The van der Waals surface area contributed by atoms with E-state index in [1.54, 1.807) is 24.3 Å². The summed E-state index contributed by atoms with van der Waals surface area (Å²) in [7, 11) is -1.26. The van der Waals surface area contributed by atoms with Crippen molar-refractivity contribution in [1.29, 1.82) is 0 Å². The van der Waals surface area contributed by atoms with Gasteiger partial charge in [-0.2, -0.15) is 0 Å². The first-order chi connectivity index (χ1) is 7.13. The van der Waals surface area contributed by atoms with Crippen LogP contribution >= 0.6 is 11.6 Å². The Morgan fingerprint density at radius 2 is 2.20 bits per heavy atom. The summed E-state index contributed by atoms with van der Waals surface area (Å²) in [6.07, 6.45) is 1.29. The van der Waals surface area contributed by atoms with Crippen LogP contribution in [0.2, 0.25) is 5.02 Å². The molecule has 1 atom stereocenters. The Bertz CT molecular complexity index is 377. The van der Waals surface area contributed by atoms with Gasteiger partial charge in [-0.15, -0.1) is 0 Å². The Morgan fingerprint density at radius 3 is 2.80 bits per heavy atom. The number of carbonyl (C=O) groups is 1. The Hall–Kier alpha value is -0.670. The maximum absolute atomic E-state index is 11.7. The van der Waals surface area contributed by atoms with E-state index in [-0.39, 0.29) is 11.5 Å². The molecule has 0 heterocycles. The van der Waals surface area contributed by atoms with Gasteiger partial charge in [0, 0.05) is 16.3 Å². The zero-order valence-electron chi connectivity index (χ0n) is 8.53. The molecule has 1 unspecified atom stereocenters. The van der Waals surface area contributed by atoms with Crippen LogP contribution in [0.3, 0.4) is 0 Å². The van der Waals surface area contributed by atoms with Crippen LogP contribution in [0.4, 0.5) is 0 Å². The minimum Gasteiger partial charge on any atom is -0.299 e. The molecule has 0 aromatic heterocycles. The van der Waals surface area contributed by atoms with Crippen molar-refractivity contribution in [2.75, 3.05) is 5.75 Å². The quantitative estimate of drug-likeness (QED) is 0.798. The van der Waals surface area contributed by atoms with Crippen molar-refractivity contribution in [3.05, 3.63) is 29.3 Å². The molecule has 82 valence electrons. The molecule has 0 N–H and O–H groups in total. The van der Waals surface area contributed by atoms with Crippen molar-refractivity contribution in [3.8, 4) is 0 Å². The Balaban J connectivity index is 2.65.